The topological polar surface area (TPSA) is 63.6 Å². The molecule has 144 valence electrons. The molecule has 0 spiro atoms. The summed E-state index contributed by atoms with van der Waals surface area (Å²) in [6, 6.07) is 10.3. The molecule has 6 heteroatoms. The average molecular weight is 369 g/mol. The van der Waals surface area contributed by atoms with Gasteiger partial charge in [0.05, 0.1) is 11.6 Å². The molecule has 0 bridgehead atoms. The largest absolute Gasteiger partial charge is 0.376 e. The van der Waals surface area contributed by atoms with E-state index in [0.717, 1.165) is 36.6 Å². The van der Waals surface area contributed by atoms with Crippen LogP contribution in [0.4, 0.5) is 0 Å². The normalized spacial score (nSPS) is 27.6. The molecule has 1 aliphatic carbocycles. The van der Waals surface area contributed by atoms with E-state index in [0.29, 0.717) is 13.1 Å². The fourth-order valence-corrected chi connectivity index (χ4v) is 4.93. The number of carbonyl (C=O) groups excluding carboxylic acids is 2. The van der Waals surface area contributed by atoms with E-state index in [1.165, 1.54) is 0 Å². The number of para-hydroxylation sites is 1. The molecule has 6 nitrogen and oxygen atoms in total. The summed E-state index contributed by atoms with van der Waals surface area (Å²) >= 11 is 0. The summed E-state index contributed by atoms with van der Waals surface area (Å²) in [4.78, 5) is 26.6. The predicted octanol–water partition coefficient (Wildman–Crippen LogP) is 2.32. The molecule has 4 rings (SSSR count). The summed E-state index contributed by atoms with van der Waals surface area (Å²) in [6.07, 6.45) is 5.36. The van der Waals surface area contributed by atoms with Crippen molar-refractivity contribution in [2.75, 3.05) is 13.7 Å². The zero-order valence-electron chi connectivity index (χ0n) is 16.0. The van der Waals surface area contributed by atoms with Crippen LogP contribution in [0.2, 0.25) is 0 Å². The van der Waals surface area contributed by atoms with Crippen molar-refractivity contribution >= 4 is 22.7 Å². The van der Waals surface area contributed by atoms with Crippen molar-refractivity contribution in [2.45, 2.75) is 56.8 Å². The Bertz CT molecular complexity index is 861. The zero-order valence-corrected chi connectivity index (χ0v) is 16.0. The van der Waals surface area contributed by atoms with Gasteiger partial charge in [-0.2, -0.15) is 0 Å². The maximum absolute atomic E-state index is 13.2. The lowest BCUT2D eigenvalue weighted by Crippen LogP contribution is -2.56. The first-order chi connectivity index (χ1) is 13.0. The number of methoxy groups -OCH3 is 1. The van der Waals surface area contributed by atoms with Crippen molar-refractivity contribution in [3.05, 3.63) is 36.5 Å². The van der Waals surface area contributed by atoms with E-state index >= 15 is 0 Å². The van der Waals surface area contributed by atoms with Gasteiger partial charge in [-0.3, -0.25) is 9.59 Å². The number of rotatable bonds is 4. The molecule has 3 atom stereocenters. The van der Waals surface area contributed by atoms with Gasteiger partial charge in [-0.05, 0) is 43.2 Å². The first-order valence-corrected chi connectivity index (χ1v) is 9.68. The molecule has 1 saturated carbocycles. The summed E-state index contributed by atoms with van der Waals surface area (Å²) in [5.74, 6) is 0.100. The van der Waals surface area contributed by atoms with Gasteiger partial charge in [0.25, 0.3) is 0 Å². The van der Waals surface area contributed by atoms with Crippen LogP contribution in [0.25, 0.3) is 10.9 Å². The number of nitrogens with zero attached hydrogens (tertiary/aromatic N) is 2. The number of fused-ring (bicyclic) bond motifs is 2. The third kappa shape index (κ3) is 3.23. The molecule has 0 unspecified atom stereocenters. The summed E-state index contributed by atoms with van der Waals surface area (Å²) in [7, 11) is 1.75. The van der Waals surface area contributed by atoms with Crippen LogP contribution in [0.15, 0.2) is 36.5 Å². The van der Waals surface area contributed by atoms with Gasteiger partial charge in [-0.15, -0.1) is 0 Å². The van der Waals surface area contributed by atoms with Crippen molar-refractivity contribution in [1.82, 2.24) is 14.8 Å². The molecule has 27 heavy (non-hydrogen) atoms. The first-order valence-electron chi connectivity index (χ1n) is 9.68. The highest BCUT2D eigenvalue weighted by atomic mass is 16.5. The number of likely N-dealkylation sites (tertiary alicyclic amines) is 1. The fraction of sp³-hybridized carbons (Fsp3) is 0.524. The third-order valence-electron chi connectivity index (χ3n) is 6.30. The Morgan fingerprint density at radius 2 is 2.07 bits per heavy atom. The third-order valence-corrected chi connectivity index (χ3v) is 6.30. The van der Waals surface area contributed by atoms with Crippen LogP contribution >= 0.6 is 0 Å². The van der Waals surface area contributed by atoms with Crippen molar-refractivity contribution in [3.8, 4) is 0 Å². The summed E-state index contributed by atoms with van der Waals surface area (Å²) in [5.41, 5.74) is 0.798. The molecule has 2 heterocycles. The lowest BCUT2D eigenvalue weighted by atomic mass is 9.78. The zero-order chi connectivity index (χ0) is 19.0. The van der Waals surface area contributed by atoms with Gasteiger partial charge in [-0.1, -0.05) is 18.2 Å². The monoisotopic (exact) mass is 369 g/mol. The highest BCUT2D eigenvalue weighted by Crippen LogP contribution is 2.42. The van der Waals surface area contributed by atoms with Gasteiger partial charge < -0.3 is 19.5 Å². The van der Waals surface area contributed by atoms with Crippen molar-refractivity contribution in [1.29, 1.82) is 0 Å². The summed E-state index contributed by atoms with van der Waals surface area (Å²) in [5, 5.41) is 4.17. The van der Waals surface area contributed by atoms with E-state index in [2.05, 4.69) is 11.4 Å². The van der Waals surface area contributed by atoms with Crippen LogP contribution in [-0.2, 0) is 20.9 Å². The SMILES string of the molecule is CO[C@@]12CC[C@@H](NC(C)=O)C[C@@H]1N(C(=O)Cn1ccc3ccccc31)CC2. The van der Waals surface area contributed by atoms with Crippen molar-refractivity contribution in [2.24, 2.45) is 0 Å². The Morgan fingerprint density at radius 1 is 1.26 bits per heavy atom. The van der Waals surface area contributed by atoms with E-state index in [1.807, 2.05) is 39.9 Å². The van der Waals surface area contributed by atoms with Gasteiger partial charge in [0.1, 0.15) is 6.54 Å². The second kappa shape index (κ2) is 7.00. The minimum atomic E-state index is -0.274. The molecular weight excluding hydrogens is 342 g/mol. The molecule has 1 aliphatic heterocycles. The van der Waals surface area contributed by atoms with E-state index < -0.39 is 0 Å². The standard InChI is InChI=1S/C21H27N3O3/c1-15(25)22-17-7-9-21(27-2)10-12-24(19(21)13-17)20(26)14-23-11-8-16-5-3-4-6-18(16)23/h3-6,8,11,17,19H,7,9-10,12-14H2,1-2H3,(H,22,25)/t17-,19+,21-/m1/s1. The Balaban J connectivity index is 1.53. The fourth-order valence-electron chi connectivity index (χ4n) is 4.93. The quantitative estimate of drug-likeness (QED) is 0.900. The highest BCUT2D eigenvalue weighted by Gasteiger charge is 2.52. The van der Waals surface area contributed by atoms with Crippen LogP contribution in [0.3, 0.4) is 0 Å². The molecule has 1 saturated heterocycles. The second-order valence-corrected chi connectivity index (χ2v) is 7.80. The smallest absolute Gasteiger partial charge is 0.242 e. The number of carbonyl (C=O) groups is 2. The summed E-state index contributed by atoms with van der Waals surface area (Å²) < 4.78 is 7.94. The molecule has 1 aromatic carbocycles. The maximum Gasteiger partial charge on any atom is 0.242 e. The van der Waals surface area contributed by atoms with E-state index in [-0.39, 0.29) is 29.5 Å². The van der Waals surface area contributed by atoms with Crippen molar-refractivity contribution in [3.63, 3.8) is 0 Å². The Kier molecular flexibility index (Phi) is 4.68. The highest BCUT2D eigenvalue weighted by molar-refractivity contribution is 5.83. The molecule has 2 amide bonds. The molecule has 2 aromatic rings. The lowest BCUT2D eigenvalue weighted by molar-refractivity contribution is -0.138. The minimum Gasteiger partial charge on any atom is -0.376 e. The van der Waals surface area contributed by atoms with E-state index in [1.54, 1.807) is 14.0 Å². The van der Waals surface area contributed by atoms with Gasteiger partial charge in [-0.25, -0.2) is 0 Å². The van der Waals surface area contributed by atoms with Crippen LogP contribution in [0, 0.1) is 0 Å². The molecule has 2 fully saturated rings. The molecule has 1 N–H and O–H groups in total. The van der Waals surface area contributed by atoms with Crippen LogP contribution in [0.1, 0.15) is 32.6 Å². The summed E-state index contributed by atoms with van der Waals surface area (Å²) in [6.45, 7) is 2.59. The number of hydrogen-bond donors (Lipinski definition) is 1. The molecule has 0 radical (unpaired) electrons. The maximum atomic E-state index is 13.2. The minimum absolute atomic E-state index is 0.0143. The van der Waals surface area contributed by atoms with Gasteiger partial charge >= 0.3 is 0 Å². The van der Waals surface area contributed by atoms with Crippen LogP contribution in [-0.4, -0.2) is 52.6 Å². The molecule has 1 aromatic heterocycles. The molecule has 2 aliphatic rings. The van der Waals surface area contributed by atoms with Gasteiger partial charge in [0.2, 0.25) is 11.8 Å². The molecular formula is C21H27N3O3. The van der Waals surface area contributed by atoms with Crippen LogP contribution in [0.5, 0.6) is 0 Å². The number of aromatic nitrogens is 1. The van der Waals surface area contributed by atoms with Crippen LogP contribution < -0.4 is 5.32 Å². The number of nitrogens with one attached hydrogen (secondary N) is 1. The number of amides is 2. The number of benzene rings is 1. The van der Waals surface area contributed by atoms with Gasteiger partial charge in [0, 0.05) is 38.3 Å². The predicted molar refractivity (Wildman–Crippen MR) is 103 cm³/mol. The van der Waals surface area contributed by atoms with E-state index in [9.17, 15) is 9.59 Å². The lowest BCUT2D eigenvalue weighted by Gasteiger charge is -2.43. The number of hydrogen-bond acceptors (Lipinski definition) is 3. The van der Waals surface area contributed by atoms with E-state index in [4.69, 9.17) is 4.74 Å². The Labute approximate surface area is 159 Å². The van der Waals surface area contributed by atoms with Gasteiger partial charge in [0.15, 0.2) is 0 Å². The second-order valence-electron chi connectivity index (χ2n) is 7.80. The van der Waals surface area contributed by atoms with Crippen molar-refractivity contribution < 1.29 is 14.3 Å². The Hall–Kier alpha value is -2.34. The Morgan fingerprint density at radius 3 is 2.85 bits per heavy atom. The average Bonchev–Trinajstić information content (AvgIpc) is 3.23. The number of ether oxygens (including phenoxy) is 1. The first kappa shape index (κ1) is 18.0.